The normalized spacial score (nSPS) is 25.9. The second kappa shape index (κ2) is 6.37. The van der Waals surface area contributed by atoms with Crippen molar-refractivity contribution in [2.75, 3.05) is 13.2 Å². The zero-order valence-corrected chi connectivity index (χ0v) is 12.3. The minimum atomic E-state index is -0.817. The van der Waals surface area contributed by atoms with Crippen molar-refractivity contribution in [3.8, 4) is 0 Å². The van der Waals surface area contributed by atoms with E-state index in [1.54, 1.807) is 0 Å². The van der Waals surface area contributed by atoms with Crippen LogP contribution in [0.5, 0.6) is 0 Å². The molecule has 3 atom stereocenters. The van der Waals surface area contributed by atoms with Gasteiger partial charge in [-0.2, -0.15) is 0 Å². The van der Waals surface area contributed by atoms with E-state index in [1.807, 2.05) is 37.3 Å². The van der Waals surface area contributed by atoms with Crippen molar-refractivity contribution in [1.82, 2.24) is 5.32 Å². The lowest BCUT2D eigenvalue weighted by Crippen LogP contribution is -2.52. The Morgan fingerprint density at radius 3 is 2.75 bits per heavy atom. The highest BCUT2D eigenvalue weighted by atomic mass is 16.5. The number of carbonyl (C=O) groups is 1. The van der Waals surface area contributed by atoms with E-state index in [4.69, 9.17) is 10.5 Å². The first-order valence-corrected chi connectivity index (χ1v) is 7.24. The minimum absolute atomic E-state index is 0.298. The quantitative estimate of drug-likeness (QED) is 0.862. The molecule has 1 heterocycles. The van der Waals surface area contributed by atoms with Gasteiger partial charge in [0.15, 0.2) is 0 Å². The number of hydrogen-bond donors (Lipinski definition) is 2. The van der Waals surface area contributed by atoms with Gasteiger partial charge in [0.05, 0.1) is 6.10 Å². The lowest BCUT2D eigenvalue weighted by atomic mass is 9.89. The third kappa shape index (κ3) is 3.38. The van der Waals surface area contributed by atoms with Crippen molar-refractivity contribution in [3.05, 3.63) is 35.9 Å². The lowest BCUT2D eigenvalue weighted by molar-refractivity contribution is -0.124. The fourth-order valence-corrected chi connectivity index (χ4v) is 2.73. The van der Waals surface area contributed by atoms with Gasteiger partial charge in [-0.05, 0) is 44.7 Å². The molecule has 4 heteroatoms. The predicted octanol–water partition coefficient (Wildman–Crippen LogP) is 1.79. The van der Waals surface area contributed by atoms with Gasteiger partial charge in [-0.3, -0.25) is 10.1 Å². The highest BCUT2D eigenvalue weighted by molar-refractivity contribution is 5.85. The lowest BCUT2D eigenvalue weighted by Gasteiger charge is -2.33. The molecule has 0 aromatic heterocycles. The summed E-state index contributed by atoms with van der Waals surface area (Å²) in [7, 11) is 0. The molecule has 0 radical (unpaired) electrons. The van der Waals surface area contributed by atoms with E-state index in [2.05, 4.69) is 12.2 Å². The number of ether oxygens (including phenoxy) is 1. The van der Waals surface area contributed by atoms with Gasteiger partial charge in [0.25, 0.3) is 0 Å². The van der Waals surface area contributed by atoms with Crippen LogP contribution in [0.15, 0.2) is 30.3 Å². The summed E-state index contributed by atoms with van der Waals surface area (Å²) in [5.74, 6) is 0.185. The van der Waals surface area contributed by atoms with Crippen LogP contribution in [-0.2, 0) is 15.1 Å². The summed E-state index contributed by atoms with van der Waals surface area (Å²) in [6.07, 6.45) is 2.35. The fraction of sp³-hybridized carbons (Fsp3) is 0.562. The first-order chi connectivity index (χ1) is 9.52. The highest BCUT2D eigenvalue weighted by Gasteiger charge is 2.33. The number of benzene rings is 1. The summed E-state index contributed by atoms with van der Waals surface area (Å²) in [5, 5.41) is 3.37. The molecule has 1 aliphatic rings. The van der Waals surface area contributed by atoms with Gasteiger partial charge in [0.2, 0.25) is 5.91 Å². The largest absolute Gasteiger partial charge is 0.378 e. The molecule has 3 unspecified atom stereocenters. The van der Waals surface area contributed by atoms with Crippen LogP contribution in [0.25, 0.3) is 0 Å². The van der Waals surface area contributed by atoms with E-state index in [0.717, 1.165) is 31.6 Å². The SMILES string of the molecule is CC1CC(CNC(C)(C(N)=O)c2ccccc2)CCO1. The molecule has 1 fully saturated rings. The molecule has 1 amide bonds. The van der Waals surface area contributed by atoms with Gasteiger partial charge in [0, 0.05) is 6.61 Å². The zero-order valence-electron chi connectivity index (χ0n) is 12.3. The van der Waals surface area contributed by atoms with Gasteiger partial charge >= 0.3 is 0 Å². The maximum Gasteiger partial charge on any atom is 0.242 e. The maximum atomic E-state index is 11.9. The summed E-state index contributed by atoms with van der Waals surface area (Å²) in [6.45, 7) is 5.53. The Kier molecular flexibility index (Phi) is 4.78. The minimum Gasteiger partial charge on any atom is -0.378 e. The van der Waals surface area contributed by atoms with E-state index in [1.165, 1.54) is 0 Å². The van der Waals surface area contributed by atoms with Crippen LogP contribution in [0.4, 0.5) is 0 Å². The number of primary amides is 1. The Bertz CT molecular complexity index is 449. The number of rotatable bonds is 5. The van der Waals surface area contributed by atoms with E-state index in [9.17, 15) is 4.79 Å². The smallest absolute Gasteiger partial charge is 0.242 e. The molecule has 2 rings (SSSR count). The number of nitrogens with one attached hydrogen (secondary N) is 1. The molecule has 4 nitrogen and oxygen atoms in total. The van der Waals surface area contributed by atoms with Crippen LogP contribution < -0.4 is 11.1 Å². The Hall–Kier alpha value is -1.39. The topological polar surface area (TPSA) is 64.3 Å². The molecular weight excluding hydrogens is 252 g/mol. The summed E-state index contributed by atoms with van der Waals surface area (Å²) in [4.78, 5) is 11.9. The average molecular weight is 276 g/mol. The Balaban J connectivity index is 2.04. The van der Waals surface area contributed by atoms with Crippen LogP contribution in [-0.4, -0.2) is 25.2 Å². The summed E-state index contributed by atoms with van der Waals surface area (Å²) in [6, 6.07) is 9.66. The molecule has 1 saturated heterocycles. The van der Waals surface area contributed by atoms with E-state index < -0.39 is 5.54 Å². The highest BCUT2D eigenvalue weighted by Crippen LogP contribution is 2.23. The third-order valence-electron chi connectivity index (χ3n) is 4.18. The Morgan fingerprint density at radius 1 is 1.45 bits per heavy atom. The standard InChI is InChI=1S/C16H24N2O2/c1-12-10-13(8-9-20-12)11-18-16(2,15(17)19)14-6-4-3-5-7-14/h3-7,12-13,18H,8-11H2,1-2H3,(H2,17,19). The molecule has 0 aliphatic carbocycles. The summed E-state index contributed by atoms with van der Waals surface area (Å²) in [5.41, 5.74) is 5.71. The van der Waals surface area contributed by atoms with Gasteiger partial charge < -0.3 is 10.5 Å². The molecule has 0 saturated carbocycles. The van der Waals surface area contributed by atoms with Crippen molar-refractivity contribution >= 4 is 5.91 Å². The average Bonchev–Trinajstić information content (AvgIpc) is 2.45. The molecular formula is C16H24N2O2. The van der Waals surface area contributed by atoms with Crippen LogP contribution in [0, 0.1) is 5.92 Å². The molecule has 1 aliphatic heterocycles. The van der Waals surface area contributed by atoms with E-state index in [0.29, 0.717) is 12.0 Å². The Labute approximate surface area is 120 Å². The molecule has 20 heavy (non-hydrogen) atoms. The van der Waals surface area contributed by atoms with E-state index >= 15 is 0 Å². The van der Waals surface area contributed by atoms with Gasteiger partial charge in [-0.1, -0.05) is 30.3 Å². The van der Waals surface area contributed by atoms with Crippen molar-refractivity contribution in [2.24, 2.45) is 11.7 Å². The van der Waals surface area contributed by atoms with Crippen molar-refractivity contribution in [3.63, 3.8) is 0 Å². The fourth-order valence-electron chi connectivity index (χ4n) is 2.73. The molecule has 0 spiro atoms. The molecule has 3 N–H and O–H groups in total. The predicted molar refractivity (Wildman–Crippen MR) is 79.1 cm³/mol. The molecule has 1 aromatic carbocycles. The molecule has 1 aromatic rings. The van der Waals surface area contributed by atoms with Crippen molar-refractivity contribution in [1.29, 1.82) is 0 Å². The second-order valence-corrected chi connectivity index (χ2v) is 5.81. The van der Waals surface area contributed by atoms with E-state index in [-0.39, 0.29) is 5.91 Å². The molecule has 0 bridgehead atoms. The number of hydrogen-bond acceptors (Lipinski definition) is 3. The maximum absolute atomic E-state index is 11.9. The second-order valence-electron chi connectivity index (χ2n) is 5.81. The first-order valence-electron chi connectivity index (χ1n) is 7.24. The van der Waals surface area contributed by atoms with Gasteiger partial charge in [-0.25, -0.2) is 0 Å². The summed E-state index contributed by atoms with van der Waals surface area (Å²) >= 11 is 0. The van der Waals surface area contributed by atoms with Gasteiger partial charge in [-0.15, -0.1) is 0 Å². The zero-order chi connectivity index (χ0) is 14.6. The van der Waals surface area contributed by atoms with Crippen molar-refractivity contribution in [2.45, 2.75) is 38.3 Å². The van der Waals surface area contributed by atoms with Crippen LogP contribution in [0.2, 0.25) is 0 Å². The number of carbonyl (C=O) groups excluding carboxylic acids is 1. The first kappa shape index (κ1) is 15.0. The third-order valence-corrected chi connectivity index (χ3v) is 4.18. The van der Waals surface area contributed by atoms with Crippen molar-refractivity contribution < 1.29 is 9.53 Å². The summed E-state index contributed by atoms with van der Waals surface area (Å²) < 4.78 is 5.55. The van der Waals surface area contributed by atoms with Crippen LogP contribution in [0.3, 0.4) is 0 Å². The number of amides is 1. The van der Waals surface area contributed by atoms with Crippen LogP contribution >= 0.6 is 0 Å². The van der Waals surface area contributed by atoms with Crippen LogP contribution in [0.1, 0.15) is 32.3 Å². The van der Waals surface area contributed by atoms with Gasteiger partial charge in [0.1, 0.15) is 5.54 Å². The Morgan fingerprint density at radius 2 is 2.15 bits per heavy atom. The molecule has 110 valence electrons. The number of nitrogens with two attached hydrogens (primary N) is 1. The monoisotopic (exact) mass is 276 g/mol.